The zero-order valence-corrected chi connectivity index (χ0v) is 22.0. The van der Waals surface area contributed by atoms with E-state index in [1.54, 1.807) is 48.5 Å². The van der Waals surface area contributed by atoms with Crippen molar-refractivity contribution in [2.75, 3.05) is 16.8 Å². The molecule has 0 aliphatic carbocycles. The van der Waals surface area contributed by atoms with Crippen LogP contribution in [-0.4, -0.2) is 22.7 Å². The van der Waals surface area contributed by atoms with E-state index in [4.69, 9.17) is 21.7 Å². The predicted molar refractivity (Wildman–Crippen MR) is 156 cm³/mol. The summed E-state index contributed by atoms with van der Waals surface area (Å²) in [6.07, 6.45) is 1.73. The molecular formula is C30H21FN2O4S2. The molecule has 1 aliphatic heterocycles. The number of benzene rings is 4. The van der Waals surface area contributed by atoms with Gasteiger partial charge in [-0.15, -0.1) is 0 Å². The lowest BCUT2D eigenvalue weighted by molar-refractivity contribution is -0.118. The van der Waals surface area contributed by atoms with Gasteiger partial charge in [-0.1, -0.05) is 54.3 Å². The maximum Gasteiger partial charge on any atom is 0.270 e. The topological polar surface area (TPSA) is 67.9 Å². The van der Waals surface area contributed by atoms with Crippen LogP contribution in [0.3, 0.4) is 0 Å². The zero-order valence-electron chi connectivity index (χ0n) is 20.4. The summed E-state index contributed by atoms with van der Waals surface area (Å²) in [6, 6.07) is 29.1. The third-order valence-corrected chi connectivity index (χ3v) is 6.82. The van der Waals surface area contributed by atoms with Gasteiger partial charge in [-0.3, -0.25) is 14.5 Å². The Kier molecular flexibility index (Phi) is 8.00. The highest BCUT2D eigenvalue weighted by molar-refractivity contribution is 8.27. The van der Waals surface area contributed by atoms with Crippen LogP contribution in [-0.2, 0) is 9.59 Å². The Bertz CT molecular complexity index is 1540. The summed E-state index contributed by atoms with van der Waals surface area (Å²) in [5.74, 6) is 0.833. The molecule has 1 saturated heterocycles. The highest BCUT2D eigenvalue weighted by Crippen LogP contribution is 2.37. The van der Waals surface area contributed by atoms with Crippen LogP contribution >= 0.6 is 24.0 Å². The van der Waals surface area contributed by atoms with Gasteiger partial charge >= 0.3 is 0 Å². The van der Waals surface area contributed by atoms with E-state index in [2.05, 4.69) is 5.32 Å². The highest BCUT2D eigenvalue weighted by atomic mass is 32.2. The minimum atomic E-state index is -0.385. The van der Waals surface area contributed by atoms with Crippen LogP contribution < -0.4 is 19.7 Å². The molecule has 0 saturated carbocycles. The Morgan fingerprint density at radius 1 is 0.897 bits per heavy atom. The van der Waals surface area contributed by atoms with Gasteiger partial charge in [0.1, 0.15) is 23.1 Å². The fourth-order valence-electron chi connectivity index (χ4n) is 3.70. The largest absolute Gasteiger partial charge is 0.484 e. The number of halogens is 1. The van der Waals surface area contributed by atoms with Crippen molar-refractivity contribution in [1.82, 2.24) is 0 Å². The van der Waals surface area contributed by atoms with Gasteiger partial charge in [-0.2, -0.15) is 0 Å². The number of hydrogen-bond acceptors (Lipinski definition) is 6. The van der Waals surface area contributed by atoms with Crippen LogP contribution in [0, 0.1) is 5.82 Å². The number of carbonyl (C=O) groups excluding carboxylic acids is 2. The Labute approximate surface area is 234 Å². The zero-order chi connectivity index (χ0) is 27.2. The van der Waals surface area contributed by atoms with E-state index in [1.807, 2.05) is 36.4 Å². The fraction of sp³-hybridized carbons (Fsp3) is 0.0333. The molecule has 39 heavy (non-hydrogen) atoms. The molecule has 4 aromatic carbocycles. The number of nitrogens with one attached hydrogen (secondary N) is 1. The molecule has 6 nitrogen and oxygen atoms in total. The van der Waals surface area contributed by atoms with Crippen molar-refractivity contribution >= 4 is 57.6 Å². The number of para-hydroxylation sites is 1. The second-order valence-electron chi connectivity index (χ2n) is 8.34. The summed E-state index contributed by atoms with van der Waals surface area (Å²) in [5.41, 5.74) is 1.84. The molecule has 0 spiro atoms. The van der Waals surface area contributed by atoms with Crippen LogP contribution in [0.4, 0.5) is 15.8 Å². The number of rotatable bonds is 8. The van der Waals surface area contributed by atoms with E-state index in [0.29, 0.717) is 32.1 Å². The number of thiocarbonyl (C=S) groups is 1. The molecule has 0 atom stereocenters. The van der Waals surface area contributed by atoms with Crippen molar-refractivity contribution < 1.29 is 23.5 Å². The SMILES string of the molecule is O=C(COc1cccc(/C=C2\SC(=S)N(c3ccc(Oc4ccccc4)cc3)C2=O)c1)Nc1ccc(F)cc1. The average molecular weight is 557 g/mol. The predicted octanol–water partition coefficient (Wildman–Crippen LogP) is 7.04. The first-order valence-electron chi connectivity index (χ1n) is 11.8. The molecule has 1 heterocycles. The van der Waals surface area contributed by atoms with Gasteiger partial charge in [0.25, 0.3) is 11.8 Å². The number of amides is 2. The van der Waals surface area contributed by atoms with Crippen molar-refractivity contribution in [2.45, 2.75) is 0 Å². The van der Waals surface area contributed by atoms with Gasteiger partial charge in [0.05, 0.1) is 10.6 Å². The number of ether oxygens (including phenoxy) is 2. The lowest BCUT2D eigenvalue weighted by Gasteiger charge is -2.15. The number of nitrogens with zero attached hydrogens (tertiary/aromatic N) is 1. The van der Waals surface area contributed by atoms with Crippen LogP contribution in [0.15, 0.2) is 108 Å². The molecule has 5 rings (SSSR count). The lowest BCUT2D eigenvalue weighted by Crippen LogP contribution is -2.27. The first-order valence-corrected chi connectivity index (χ1v) is 13.1. The van der Waals surface area contributed by atoms with Crippen molar-refractivity contribution in [2.24, 2.45) is 0 Å². The Balaban J connectivity index is 1.22. The molecule has 194 valence electrons. The third kappa shape index (κ3) is 6.70. The maximum absolute atomic E-state index is 13.2. The molecule has 2 amide bonds. The molecular weight excluding hydrogens is 535 g/mol. The lowest BCUT2D eigenvalue weighted by atomic mass is 10.2. The summed E-state index contributed by atoms with van der Waals surface area (Å²) in [4.78, 5) is 27.3. The van der Waals surface area contributed by atoms with E-state index >= 15 is 0 Å². The molecule has 9 heteroatoms. The van der Waals surface area contributed by atoms with Gasteiger partial charge in [-0.05, 0) is 84.4 Å². The number of carbonyl (C=O) groups is 2. The second kappa shape index (κ2) is 11.9. The Morgan fingerprint density at radius 3 is 2.33 bits per heavy atom. The smallest absolute Gasteiger partial charge is 0.270 e. The standard InChI is InChI=1S/C30H21FN2O4S2/c31-21-9-11-22(12-10-21)32-28(34)19-36-26-8-4-5-20(17-26)18-27-29(35)33(30(38)39-27)23-13-15-25(16-14-23)37-24-6-2-1-3-7-24/h1-18H,19H2,(H,32,34)/b27-18-. The van der Waals surface area contributed by atoms with E-state index < -0.39 is 0 Å². The Hall–Kier alpha value is -4.47. The normalized spacial score (nSPS) is 14.0. The van der Waals surface area contributed by atoms with Crippen LogP contribution in [0.1, 0.15) is 5.56 Å². The van der Waals surface area contributed by atoms with Gasteiger partial charge < -0.3 is 14.8 Å². The molecule has 1 N–H and O–H groups in total. The molecule has 0 radical (unpaired) electrons. The molecule has 1 fully saturated rings. The van der Waals surface area contributed by atoms with Crippen molar-refractivity contribution in [3.05, 3.63) is 119 Å². The molecule has 0 aromatic heterocycles. The van der Waals surface area contributed by atoms with Crippen molar-refractivity contribution in [1.29, 1.82) is 0 Å². The second-order valence-corrected chi connectivity index (χ2v) is 10.0. The fourth-order valence-corrected chi connectivity index (χ4v) is 5.00. The number of anilines is 2. The third-order valence-electron chi connectivity index (χ3n) is 5.52. The minimum absolute atomic E-state index is 0.229. The summed E-state index contributed by atoms with van der Waals surface area (Å²) in [5, 5.41) is 2.64. The molecule has 0 unspecified atom stereocenters. The monoisotopic (exact) mass is 556 g/mol. The average Bonchev–Trinajstić information content (AvgIpc) is 3.22. The highest BCUT2D eigenvalue weighted by Gasteiger charge is 2.33. The number of hydrogen-bond donors (Lipinski definition) is 1. The van der Waals surface area contributed by atoms with Crippen molar-refractivity contribution in [3.63, 3.8) is 0 Å². The van der Waals surface area contributed by atoms with E-state index in [9.17, 15) is 14.0 Å². The van der Waals surface area contributed by atoms with Gasteiger partial charge in [-0.25, -0.2) is 4.39 Å². The summed E-state index contributed by atoms with van der Waals surface area (Å²) >= 11 is 6.70. The first kappa shape index (κ1) is 26.1. The molecule has 4 aromatic rings. The van der Waals surface area contributed by atoms with Crippen LogP contribution in [0.5, 0.6) is 17.2 Å². The minimum Gasteiger partial charge on any atom is -0.484 e. The van der Waals surface area contributed by atoms with E-state index in [0.717, 1.165) is 11.3 Å². The van der Waals surface area contributed by atoms with E-state index in [-0.39, 0.29) is 24.2 Å². The van der Waals surface area contributed by atoms with Crippen molar-refractivity contribution in [3.8, 4) is 17.2 Å². The van der Waals surface area contributed by atoms with Gasteiger partial charge in [0.2, 0.25) is 0 Å². The number of thioether (sulfide) groups is 1. The van der Waals surface area contributed by atoms with E-state index in [1.165, 1.54) is 40.9 Å². The quantitative estimate of drug-likeness (QED) is 0.185. The molecule has 0 bridgehead atoms. The summed E-state index contributed by atoms with van der Waals surface area (Å²) in [7, 11) is 0. The first-order chi connectivity index (χ1) is 18.9. The van der Waals surface area contributed by atoms with Crippen LogP contribution in [0.2, 0.25) is 0 Å². The van der Waals surface area contributed by atoms with Crippen LogP contribution in [0.25, 0.3) is 6.08 Å². The maximum atomic E-state index is 13.2. The van der Waals surface area contributed by atoms with Gasteiger partial charge in [0.15, 0.2) is 10.9 Å². The van der Waals surface area contributed by atoms with Gasteiger partial charge in [0, 0.05) is 5.69 Å². The molecule has 1 aliphatic rings. The summed E-state index contributed by atoms with van der Waals surface area (Å²) < 4.78 is 24.9. The summed E-state index contributed by atoms with van der Waals surface area (Å²) in [6.45, 7) is -0.229. The Morgan fingerprint density at radius 2 is 1.59 bits per heavy atom.